The van der Waals surface area contributed by atoms with Crippen molar-refractivity contribution < 1.29 is 29.0 Å². The number of hydrogen-bond donors (Lipinski definition) is 2. The third-order valence-corrected chi connectivity index (χ3v) is 6.49. The first kappa shape index (κ1) is 24.0. The maximum Gasteiger partial charge on any atom is 0.507 e. The number of aryl methyl sites for hydroxylation is 1. The zero-order valence-electron chi connectivity index (χ0n) is 18.9. The third-order valence-electron chi connectivity index (χ3n) is 6.49. The van der Waals surface area contributed by atoms with Gasteiger partial charge in [-0.15, -0.1) is 0 Å². The van der Waals surface area contributed by atoms with Gasteiger partial charge in [0.25, 0.3) is 0 Å². The first-order valence-corrected chi connectivity index (χ1v) is 11.6. The highest BCUT2D eigenvalue weighted by Crippen LogP contribution is 2.40. The number of carbonyl (C=O) groups excluding carboxylic acids is 2. The monoisotopic (exact) mass is 446 g/mol. The average Bonchev–Trinajstić information content (AvgIpc) is 3.13. The van der Waals surface area contributed by atoms with E-state index in [0.29, 0.717) is 19.3 Å². The molecule has 3 rings (SSSR count). The summed E-state index contributed by atoms with van der Waals surface area (Å²) in [5, 5.41) is 12.3. The molecule has 1 unspecified atom stereocenters. The molecule has 0 bridgehead atoms. The second-order valence-electron chi connectivity index (χ2n) is 8.65. The molecule has 1 aliphatic carbocycles. The maximum absolute atomic E-state index is 13.4. The Balaban J connectivity index is 1.70. The lowest BCUT2D eigenvalue weighted by Crippen LogP contribution is -2.55. The summed E-state index contributed by atoms with van der Waals surface area (Å²) in [5.74, 6) is -0.374. The molecule has 8 heteroatoms. The number of carboxylic acid groups (broad SMARTS) is 1. The molecule has 0 aromatic heterocycles. The van der Waals surface area contributed by atoms with Crippen molar-refractivity contribution in [3.8, 4) is 0 Å². The summed E-state index contributed by atoms with van der Waals surface area (Å²) in [6, 6.07) is 8.50. The number of hydrogen-bond acceptors (Lipinski definition) is 6. The topological polar surface area (TPSA) is 105 Å². The van der Waals surface area contributed by atoms with Crippen molar-refractivity contribution in [3.05, 3.63) is 35.9 Å². The minimum absolute atomic E-state index is 0.0183. The molecular formula is C24H34N2O6. The number of benzene rings is 1. The van der Waals surface area contributed by atoms with Crippen LogP contribution in [-0.2, 0) is 25.5 Å². The van der Waals surface area contributed by atoms with Crippen molar-refractivity contribution in [2.24, 2.45) is 5.92 Å². The molecule has 1 aliphatic heterocycles. The quantitative estimate of drug-likeness (QED) is 0.561. The van der Waals surface area contributed by atoms with E-state index >= 15 is 0 Å². The number of fused-ring (bicyclic) bond motifs is 1. The van der Waals surface area contributed by atoms with Crippen LogP contribution in [-0.4, -0.2) is 59.0 Å². The van der Waals surface area contributed by atoms with Crippen molar-refractivity contribution in [1.82, 2.24) is 10.2 Å². The lowest BCUT2D eigenvalue weighted by atomic mass is 9.85. The van der Waals surface area contributed by atoms with E-state index in [4.69, 9.17) is 14.6 Å². The Morgan fingerprint density at radius 2 is 1.91 bits per heavy atom. The van der Waals surface area contributed by atoms with E-state index in [1.807, 2.05) is 30.3 Å². The number of nitrogens with zero attached hydrogens (tertiary/aromatic N) is 1. The Morgan fingerprint density at radius 3 is 2.59 bits per heavy atom. The number of likely N-dealkylation sites (tertiary alicyclic amines) is 1. The minimum Gasteiger partial charge on any atom is -0.465 e. The van der Waals surface area contributed by atoms with Gasteiger partial charge in [0.2, 0.25) is 5.91 Å². The fraction of sp³-hybridized carbons (Fsp3) is 0.625. The van der Waals surface area contributed by atoms with Crippen molar-refractivity contribution in [2.75, 3.05) is 6.61 Å². The first-order chi connectivity index (χ1) is 15.4. The molecule has 2 N–H and O–H groups in total. The van der Waals surface area contributed by atoms with Crippen LogP contribution in [0, 0.1) is 5.92 Å². The Labute approximate surface area is 189 Å². The van der Waals surface area contributed by atoms with E-state index in [9.17, 15) is 14.4 Å². The van der Waals surface area contributed by atoms with E-state index in [-0.39, 0.29) is 24.5 Å². The SMILES string of the molecule is CCOC(=O)[C@H](CCc1ccccc1)NC(C)C(=O)N1[C@@H](OC(=O)O)C[C@H]2CCCC[C@@H]21. The lowest BCUT2D eigenvalue weighted by Gasteiger charge is -2.35. The van der Waals surface area contributed by atoms with E-state index < -0.39 is 30.4 Å². The highest BCUT2D eigenvalue weighted by molar-refractivity contribution is 5.84. The van der Waals surface area contributed by atoms with Crippen LogP contribution in [0.3, 0.4) is 0 Å². The van der Waals surface area contributed by atoms with Gasteiger partial charge in [0.15, 0.2) is 6.23 Å². The van der Waals surface area contributed by atoms with Crippen LogP contribution in [0.25, 0.3) is 0 Å². The van der Waals surface area contributed by atoms with E-state index in [0.717, 1.165) is 31.2 Å². The van der Waals surface area contributed by atoms with Gasteiger partial charge in [-0.2, -0.15) is 0 Å². The molecule has 1 aromatic rings. The predicted octanol–water partition coefficient (Wildman–Crippen LogP) is 3.34. The molecule has 1 heterocycles. The zero-order chi connectivity index (χ0) is 23.1. The first-order valence-electron chi connectivity index (χ1n) is 11.6. The summed E-state index contributed by atoms with van der Waals surface area (Å²) in [6.45, 7) is 3.72. The molecule has 1 saturated heterocycles. The molecule has 1 saturated carbocycles. The number of nitrogens with one attached hydrogen (secondary N) is 1. The second kappa shape index (κ2) is 11.3. The Morgan fingerprint density at radius 1 is 1.19 bits per heavy atom. The predicted molar refractivity (Wildman–Crippen MR) is 118 cm³/mol. The molecule has 1 aromatic carbocycles. The summed E-state index contributed by atoms with van der Waals surface area (Å²) in [4.78, 5) is 38.8. The van der Waals surface area contributed by atoms with Gasteiger partial charge in [-0.25, -0.2) is 4.79 Å². The maximum atomic E-state index is 13.4. The highest BCUT2D eigenvalue weighted by Gasteiger charge is 2.47. The van der Waals surface area contributed by atoms with Gasteiger partial charge in [-0.05, 0) is 51.0 Å². The molecule has 0 radical (unpaired) electrons. The smallest absolute Gasteiger partial charge is 0.465 e. The zero-order valence-corrected chi connectivity index (χ0v) is 18.9. The van der Waals surface area contributed by atoms with Crippen molar-refractivity contribution in [2.45, 2.75) is 83.1 Å². The van der Waals surface area contributed by atoms with Crippen molar-refractivity contribution in [1.29, 1.82) is 0 Å². The van der Waals surface area contributed by atoms with Gasteiger partial charge in [0.1, 0.15) is 6.04 Å². The van der Waals surface area contributed by atoms with Crippen molar-refractivity contribution >= 4 is 18.0 Å². The molecule has 8 nitrogen and oxygen atoms in total. The molecule has 2 aliphatic rings. The molecule has 5 atom stereocenters. The Hall–Kier alpha value is -2.61. The largest absolute Gasteiger partial charge is 0.507 e. The summed E-state index contributed by atoms with van der Waals surface area (Å²) in [7, 11) is 0. The van der Waals surface area contributed by atoms with Crippen LogP contribution >= 0.6 is 0 Å². The van der Waals surface area contributed by atoms with Crippen LogP contribution in [0.5, 0.6) is 0 Å². The van der Waals surface area contributed by atoms with Gasteiger partial charge in [0, 0.05) is 12.5 Å². The van der Waals surface area contributed by atoms with Crippen LogP contribution in [0.2, 0.25) is 0 Å². The molecular weight excluding hydrogens is 412 g/mol. The Kier molecular flexibility index (Phi) is 8.50. The minimum atomic E-state index is -1.38. The average molecular weight is 447 g/mol. The standard InChI is InChI=1S/C24H34N2O6/c1-3-31-23(28)19(14-13-17-9-5-4-6-10-17)25-16(2)22(27)26-20-12-8-7-11-18(20)15-21(26)32-24(29)30/h4-6,9-10,16,18-21,25H,3,7-8,11-15H2,1-2H3,(H,29,30)/t16?,18-,19+,20+,21+/m1/s1. The molecule has 1 amide bonds. The Bertz CT molecular complexity index is 786. The summed E-state index contributed by atoms with van der Waals surface area (Å²) < 4.78 is 10.3. The van der Waals surface area contributed by atoms with Gasteiger partial charge in [-0.1, -0.05) is 43.2 Å². The van der Waals surface area contributed by atoms with Crippen LogP contribution < -0.4 is 5.32 Å². The second-order valence-corrected chi connectivity index (χ2v) is 8.65. The fourth-order valence-corrected chi connectivity index (χ4v) is 5.01. The van der Waals surface area contributed by atoms with Gasteiger partial charge >= 0.3 is 12.1 Å². The summed E-state index contributed by atoms with van der Waals surface area (Å²) in [5.41, 5.74) is 1.10. The van der Waals surface area contributed by atoms with Gasteiger partial charge in [0.05, 0.1) is 12.6 Å². The summed E-state index contributed by atoms with van der Waals surface area (Å²) in [6.07, 6.45) is 3.44. The molecule has 32 heavy (non-hydrogen) atoms. The highest BCUT2D eigenvalue weighted by atomic mass is 16.7. The normalized spacial score (nSPS) is 24.3. The van der Waals surface area contributed by atoms with Crippen molar-refractivity contribution in [3.63, 3.8) is 0 Å². The van der Waals surface area contributed by atoms with Gasteiger partial charge < -0.3 is 19.5 Å². The number of ether oxygens (including phenoxy) is 2. The number of carbonyl (C=O) groups is 3. The van der Waals surface area contributed by atoms with Crippen LogP contribution in [0.1, 0.15) is 57.9 Å². The van der Waals surface area contributed by atoms with Gasteiger partial charge in [-0.3, -0.25) is 14.9 Å². The van der Waals surface area contributed by atoms with Crippen LogP contribution in [0.4, 0.5) is 4.79 Å². The van der Waals surface area contributed by atoms with E-state index in [1.165, 1.54) is 0 Å². The number of amides is 1. The molecule has 0 spiro atoms. The third kappa shape index (κ3) is 6.00. The fourth-order valence-electron chi connectivity index (χ4n) is 5.01. The lowest BCUT2D eigenvalue weighted by molar-refractivity contribution is -0.148. The van der Waals surface area contributed by atoms with Crippen LogP contribution in [0.15, 0.2) is 30.3 Å². The summed E-state index contributed by atoms with van der Waals surface area (Å²) >= 11 is 0. The number of rotatable bonds is 9. The molecule has 176 valence electrons. The molecule has 2 fully saturated rings. The number of esters is 1. The van der Waals surface area contributed by atoms with E-state index in [1.54, 1.807) is 18.7 Å². The van der Waals surface area contributed by atoms with E-state index in [2.05, 4.69) is 5.32 Å².